The summed E-state index contributed by atoms with van der Waals surface area (Å²) in [6.45, 7) is 4.34. The van der Waals surface area contributed by atoms with Crippen molar-refractivity contribution in [3.8, 4) is 11.5 Å². The van der Waals surface area contributed by atoms with Crippen LogP contribution in [-0.2, 0) is 13.0 Å². The normalized spacial score (nSPS) is 10.7. The van der Waals surface area contributed by atoms with Gasteiger partial charge in [0.2, 0.25) is 11.8 Å². The first-order chi connectivity index (χ1) is 13.9. The summed E-state index contributed by atoms with van der Waals surface area (Å²) in [6.07, 6.45) is 1.85. The summed E-state index contributed by atoms with van der Waals surface area (Å²) in [5.74, 6) is 0.588. The Morgan fingerprint density at radius 3 is 2.62 bits per heavy atom. The van der Waals surface area contributed by atoms with Crippen molar-refractivity contribution in [2.24, 2.45) is 0 Å². The fourth-order valence-electron chi connectivity index (χ4n) is 3.21. The second kappa shape index (κ2) is 8.77. The number of rotatable bonds is 7. The van der Waals surface area contributed by atoms with E-state index in [0.717, 1.165) is 16.7 Å². The molecule has 152 valence electrons. The van der Waals surface area contributed by atoms with Crippen LogP contribution in [0.15, 0.2) is 47.4 Å². The van der Waals surface area contributed by atoms with Crippen molar-refractivity contribution in [2.45, 2.75) is 26.8 Å². The van der Waals surface area contributed by atoms with Crippen LogP contribution >= 0.6 is 0 Å². The summed E-state index contributed by atoms with van der Waals surface area (Å²) in [7, 11) is 3.15. The zero-order valence-corrected chi connectivity index (χ0v) is 17.0. The number of aromatic nitrogens is 2. The van der Waals surface area contributed by atoms with Crippen LogP contribution in [0.1, 0.15) is 23.6 Å². The molecule has 1 heterocycles. The maximum absolute atomic E-state index is 14.0. The van der Waals surface area contributed by atoms with Gasteiger partial charge in [0.05, 0.1) is 26.5 Å². The first kappa shape index (κ1) is 20.4. The van der Waals surface area contributed by atoms with E-state index in [1.54, 1.807) is 30.9 Å². The molecule has 3 rings (SSSR count). The molecule has 0 unspecified atom stereocenters. The highest BCUT2D eigenvalue weighted by molar-refractivity contribution is 5.66. The SMILES string of the molecule is CCc1c(Nc2nc(=O)c(F)cn2Cc2cccc(C)c2)cc(OC)cc1OC. The zero-order chi connectivity index (χ0) is 21.0. The van der Waals surface area contributed by atoms with Gasteiger partial charge in [-0.3, -0.25) is 4.79 Å². The van der Waals surface area contributed by atoms with Crippen molar-refractivity contribution in [1.82, 2.24) is 9.55 Å². The Bertz CT molecular complexity index is 1080. The Kier molecular flexibility index (Phi) is 6.16. The highest BCUT2D eigenvalue weighted by atomic mass is 19.1. The van der Waals surface area contributed by atoms with Gasteiger partial charge in [-0.15, -0.1) is 0 Å². The van der Waals surface area contributed by atoms with Crippen LogP contribution in [0.25, 0.3) is 0 Å². The molecule has 7 heteroatoms. The molecule has 0 saturated heterocycles. The van der Waals surface area contributed by atoms with E-state index < -0.39 is 11.4 Å². The Labute approximate surface area is 168 Å². The fraction of sp³-hybridized carbons (Fsp3) is 0.273. The second-order valence-electron chi connectivity index (χ2n) is 6.67. The van der Waals surface area contributed by atoms with Gasteiger partial charge in [-0.25, -0.2) is 0 Å². The molecule has 1 N–H and O–H groups in total. The molecule has 0 amide bonds. The zero-order valence-electron chi connectivity index (χ0n) is 17.0. The van der Waals surface area contributed by atoms with E-state index in [2.05, 4.69) is 10.3 Å². The van der Waals surface area contributed by atoms with Crippen LogP contribution in [0.3, 0.4) is 0 Å². The first-order valence-electron chi connectivity index (χ1n) is 9.29. The number of halogens is 1. The number of hydrogen-bond acceptors (Lipinski definition) is 5. The van der Waals surface area contributed by atoms with E-state index >= 15 is 0 Å². The molecule has 1 aromatic heterocycles. The summed E-state index contributed by atoms with van der Waals surface area (Å²) in [5.41, 5.74) is 2.73. The van der Waals surface area contributed by atoms with Crippen molar-refractivity contribution >= 4 is 11.6 Å². The quantitative estimate of drug-likeness (QED) is 0.651. The minimum Gasteiger partial charge on any atom is -0.497 e. The summed E-state index contributed by atoms with van der Waals surface area (Å²) in [5, 5.41) is 3.17. The number of ether oxygens (including phenoxy) is 2. The molecular weight excluding hydrogens is 373 g/mol. The minimum absolute atomic E-state index is 0.239. The van der Waals surface area contributed by atoms with Crippen molar-refractivity contribution in [1.29, 1.82) is 0 Å². The molecule has 0 aliphatic heterocycles. The number of methoxy groups -OCH3 is 2. The molecule has 0 aliphatic carbocycles. The van der Waals surface area contributed by atoms with Gasteiger partial charge < -0.3 is 19.4 Å². The molecule has 2 aromatic carbocycles. The topological polar surface area (TPSA) is 65.4 Å². The van der Waals surface area contributed by atoms with Gasteiger partial charge in [0.15, 0.2) is 0 Å². The first-order valence-corrected chi connectivity index (χ1v) is 9.29. The molecule has 0 bridgehead atoms. The Hall–Kier alpha value is -3.35. The van der Waals surface area contributed by atoms with Crippen molar-refractivity contribution in [3.05, 3.63) is 75.5 Å². The van der Waals surface area contributed by atoms with E-state index in [9.17, 15) is 9.18 Å². The summed E-state index contributed by atoms with van der Waals surface area (Å²) >= 11 is 0. The molecule has 3 aromatic rings. The lowest BCUT2D eigenvalue weighted by Gasteiger charge is -2.18. The van der Waals surface area contributed by atoms with Gasteiger partial charge in [-0.2, -0.15) is 9.37 Å². The summed E-state index contributed by atoms with van der Waals surface area (Å²) < 4.78 is 26.4. The van der Waals surface area contributed by atoms with Crippen LogP contribution in [0, 0.1) is 12.7 Å². The smallest absolute Gasteiger partial charge is 0.310 e. The molecule has 0 saturated carbocycles. The van der Waals surface area contributed by atoms with Crippen LogP contribution in [0.5, 0.6) is 11.5 Å². The van der Waals surface area contributed by atoms with Gasteiger partial charge >= 0.3 is 5.56 Å². The maximum Gasteiger partial charge on any atom is 0.310 e. The van der Waals surface area contributed by atoms with Crippen LogP contribution in [0.2, 0.25) is 0 Å². The van der Waals surface area contributed by atoms with Gasteiger partial charge in [0, 0.05) is 23.9 Å². The number of hydrogen-bond donors (Lipinski definition) is 1. The molecule has 29 heavy (non-hydrogen) atoms. The largest absolute Gasteiger partial charge is 0.497 e. The Balaban J connectivity index is 2.07. The lowest BCUT2D eigenvalue weighted by atomic mass is 10.1. The van der Waals surface area contributed by atoms with Crippen molar-refractivity contribution in [3.63, 3.8) is 0 Å². The van der Waals surface area contributed by atoms with Gasteiger partial charge in [0.25, 0.3) is 0 Å². The minimum atomic E-state index is -0.916. The van der Waals surface area contributed by atoms with Crippen LogP contribution in [-0.4, -0.2) is 23.8 Å². The molecule has 0 radical (unpaired) electrons. The van der Waals surface area contributed by atoms with Gasteiger partial charge in [-0.05, 0) is 18.9 Å². The molecule has 6 nitrogen and oxygen atoms in total. The average molecular weight is 397 g/mol. The Morgan fingerprint density at radius 1 is 1.17 bits per heavy atom. The van der Waals surface area contributed by atoms with Crippen molar-refractivity contribution < 1.29 is 13.9 Å². The number of aryl methyl sites for hydroxylation is 1. The molecular formula is C22H24FN3O3. The number of anilines is 2. The van der Waals surface area contributed by atoms with Crippen LogP contribution < -0.4 is 20.3 Å². The number of nitrogens with zero attached hydrogens (tertiary/aromatic N) is 2. The standard InChI is InChI=1S/C22H24FN3O3/c1-5-17-19(10-16(28-3)11-20(17)29-4)24-22-25-21(27)18(23)13-26(22)12-15-8-6-7-14(2)9-15/h6-11,13H,5,12H2,1-4H3,(H,24,25,27). The van der Waals surface area contributed by atoms with Gasteiger partial charge in [-0.1, -0.05) is 36.8 Å². The highest BCUT2D eigenvalue weighted by Crippen LogP contribution is 2.34. The second-order valence-corrected chi connectivity index (χ2v) is 6.67. The molecule has 0 fully saturated rings. The van der Waals surface area contributed by atoms with Crippen LogP contribution in [0.4, 0.5) is 16.0 Å². The lowest BCUT2D eigenvalue weighted by Crippen LogP contribution is -2.20. The molecule has 0 spiro atoms. The monoisotopic (exact) mass is 397 g/mol. The van der Waals surface area contributed by atoms with Crippen molar-refractivity contribution in [2.75, 3.05) is 19.5 Å². The average Bonchev–Trinajstić information content (AvgIpc) is 2.71. The third kappa shape index (κ3) is 4.56. The van der Waals surface area contributed by atoms with E-state index in [1.165, 1.54) is 6.20 Å². The van der Waals surface area contributed by atoms with E-state index in [1.807, 2.05) is 38.1 Å². The molecule has 0 atom stereocenters. The number of nitrogens with one attached hydrogen (secondary N) is 1. The summed E-state index contributed by atoms with van der Waals surface area (Å²) in [6, 6.07) is 11.5. The third-order valence-electron chi connectivity index (χ3n) is 4.63. The third-order valence-corrected chi connectivity index (χ3v) is 4.63. The van der Waals surface area contributed by atoms with Gasteiger partial charge in [0.1, 0.15) is 11.5 Å². The predicted octanol–water partition coefficient (Wildman–Crippen LogP) is 4.06. The number of benzene rings is 2. The fourth-order valence-corrected chi connectivity index (χ4v) is 3.21. The predicted molar refractivity (Wildman–Crippen MR) is 111 cm³/mol. The Morgan fingerprint density at radius 2 is 1.97 bits per heavy atom. The molecule has 0 aliphatic rings. The summed E-state index contributed by atoms with van der Waals surface area (Å²) in [4.78, 5) is 15.8. The van der Waals surface area contributed by atoms with E-state index in [-0.39, 0.29) is 5.95 Å². The highest BCUT2D eigenvalue weighted by Gasteiger charge is 2.15. The maximum atomic E-state index is 14.0. The van der Waals surface area contributed by atoms with E-state index in [0.29, 0.717) is 30.2 Å². The lowest BCUT2D eigenvalue weighted by molar-refractivity contribution is 0.392. The van der Waals surface area contributed by atoms with E-state index in [4.69, 9.17) is 9.47 Å².